The van der Waals surface area contributed by atoms with Crippen LogP contribution in [0.2, 0.25) is 10.0 Å². The Morgan fingerprint density at radius 2 is 1.16 bits per heavy atom. The van der Waals surface area contributed by atoms with Gasteiger partial charge in [-0.25, -0.2) is 13.6 Å². The van der Waals surface area contributed by atoms with Gasteiger partial charge in [-0.15, -0.1) is 0 Å². The first kappa shape index (κ1) is 42.8. The summed E-state index contributed by atoms with van der Waals surface area (Å²) in [6.45, 7) is 8.63. The minimum absolute atomic E-state index is 0.0335. The number of halogens is 10. The van der Waals surface area contributed by atoms with Gasteiger partial charge in [0.2, 0.25) is 11.8 Å². The zero-order chi connectivity index (χ0) is 41.1. The third-order valence-electron chi connectivity index (χ3n) is 10.5. The summed E-state index contributed by atoms with van der Waals surface area (Å²) in [5.41, 5.74) is -4.34. The number of nitrogens with zero attached hydrogens (tertiary/aromatic N) is 3. The van der Waals surface area contributed by atoms with Crippen molar-refractivity contribution in [3.63, 3.8) is 0 Å². The predicted molar refractivity (Wildman–Crippen MR) is 187 cm³/mol. The third kappa shape index (κ3) is 8.80. The van der Waals surface area contributed by atoms with Crippen molar-refractivity contribution in [3.8, 4) is 0 Å². The van der Waals surface area contributed by atoms with Crippen molar-refractivity contribution in [3.05, 3.63) is 69.2 Å². The van der Waals surface area contributed by atoms with Gasteiger partial charge in [-0.2, -0.15) is 26.3 Å². The van der Waals surface area contributed by atoms with Gasteiger partial charge in [0, 0.05) is 38.3 Å². The summed E-state index contributed by atoms with van der Waals surface area (Å²) < 4.78 is 113. The van der Waals surface area contributed by atoms with E-state index in [-0.39, 0.29) is 67.4 Å². The normalized spacial score (nSPS) is 24.7. The molecular weight excluding hydrogens is 787 g/mol. The molecule has 2 aromatic carbocycles. The molecule has 18 heteroatoms. The predicted octanol–water partition coefficient (Wildman–Crippen LogP) is 9.01. The molecule has 0 spiro atoms. The van der Waals surface area contributed by atoms with E-state index in [1.54, 1.807) is 34.6 Å². The summed E-state index contributed by atoms with van der Waals surface area (Å²) in [5.74, 6) is -3.08. The number of piperazine rings is 2. The number of nitrogens with one attached hydrogen (secondary N) is 1. The molecule has 2 aliphatic heterocycles. The molecule has 0 aromatic heterocycles. The summed E-state index contributed by atoms with van der Waals surface area (Å²) in [7, 11) is 0. The van der Waals surface area contributed by atoms with E-state index in [0.29, 0.717) is 17.7 Å². The first-order chi connectivity index (χ1) is 25.3. The van der Waals surface area contributed by atoms with Gasteiger partial charge in [0.15, 0.2) is 0 Å². The first-order valence-corrected chi connectivity index (χ1v) is 18.5. The number of ether oxygens (including phenoxy) is 1. The Bertz CT molecular complexity index is 1800. The topological polar surface area (TPSA) is 82.2 Å². The van der Waals surface area contributed by atoms with E-state index in [1.807, 2.05) is 0 Å². The first-order valence-electron chi connectivity index (χ1n) is 17.7. The fourth-order valence-corrected chi connectivity index (χ4v) is 7.30. The van der Waals surface area contributed by atoms with Crippen LogP contribution in [0.5, 0.6) is 0 Å². The fourth-order valence-electron chi connectivity index (χ4n) is 6.92. The second kappa shape index (κ2) is 15.2. The molecule has 55 heavy (non-hydrogen) atoms. The Labute approximate surface area is 323 Å². The molecule has 8 nitrogen and oxygen atoms in total. The molecule has 0 bridgehead atoms. The zero-order valence-electron chi connectivity index (χ0n) is 30.7. The highest BCUT2D eigenvalue weighted by atomic mass is 35.5. The van der Waals surface area contributed by atoms with Crippen LogP contribution in [0.1, 0.15) is 83.5 Å². The number of carbonyl (C=O) groups excluding carboxylic acids is 3. The standard InChI is InChI=1S/C21H25ClF4N2O3.C16H17ClF4N2O/c1-12-10-28(18(30)31-19(2,3)4)16(13-5-6-15(23)14(22)9-13)11-27(12)17(29)20(7-8-20)21(24,25)26;1-9-7-22-13(10-2-3-12(18)11(17)6-10)8-23(9)14(24)15(4-5-15)16(19,20)21/h5-6,9,12,16H,7-8,10-11H2,1-4H3;2-3,6,9,13,22H,4-5,7-8H2,1H3/t12-,16-;9-,13-/m11/s1. The quantitative estimate of drug-likeness (QED) is 0.312. The molecular formula is C37H42Cl2F8N4O4. The van der Waals surface area contributed by atoms with Crippen molar-refractivity contribution in [2.75, 3.05) is 26.2 Å². The molecule has 304 valence electrons. The van der Waals surface area contributed by atoms with Crippen molar-refractivity contribution >= 4 is 41.1 Å². The average molecular weight is 830 g/mol. The average Bonchev–Trinajstić information content (AvgIpc) is 4.00. The van der Waals surface area contributed by atoms with E-state index in [1.165, 1.54) is 45.0 Å². The van der Waals surface area contributed by atoms with Gasteiger partial charge in [-0.05, 0) is 95.7 Å². The maximum Gasteiger partial charge on any atom is 0.410 e. The molecule has 2 saturated carbocycles. The third-order valence-corrected chi connectivity index (χ3v) is 11.1. The van der Waals surface area contributed by atoms with Crippen LogP contribution >= 0.6 is 23.2 Å². The van der Waals surface area contributed by atoms with Gasteiger partial charge in [0.05, 0.1) is 22.1 Å². The molecule has 0 unspecified atom stereocenters. The maximum atomic E-state index is 13.7. The number of carbonyl (C=O) groups is 3. The van der Waals surface area contributed by atoms with E-state index >= 15 is 0 Å². The van der Waals surface area contributed by atoms with Crippen LogP contribution < -0.4 is 5.32 Å². The van der Waals surface area contributed by atoms with Crippen LogP contribution in [0, 0.1) is 22.5 Å². The maximum absolute atomic E-state index is 13.7. The number of hydrogen-bond acceptors (Lipinski definition) is 5. The molecule has 4 aliphatic rings. The second-order valence-electron chi connectivity index (χ2n) is 15.7. The highest BCUT2D eigenvalue weighted by Gasteiger charge is 2.71. The number of amides is 3. The monoisotopic (exact) mass is 828 g/mol. The van der Waals surface area contributed by atoms with Crippen molar-refractivity contribution in [2.45, 2.75) is 102 Å². The van der Waals surface area contributed by atoms with E-state index in [0.717, 1.165) is 6.07 Å². The minimum atomic E-state index is -4.64. The van der Waals surface area contributed by atoms with Gasteiger partial charge >= 0.3 is 18.4 Å². The number of hydrogen-bond donors (Lipinski definition) is 1. The highest BCUT2D eigenvalue weighted by Crippen LogP contribution is 2.60. The lowest BCUT2D eigenvalue weighted by molar-refractivity contribution is -0.202. The number of benzene rings is 2. The van der Waals surface area contributed by atoms with Crippen LogP contribution in [-0.2, 0) is 14.3 Å². The van der Waals surface area contributed by atoms with Gasteiger partial charge in [-0.1, -0.05) is 35.3 Å². The zero-order valence-corrected chi connectivity index (χ0v) is 32.2. The van der Waals surface area contributed by atoms with Gasteiger partial charge in [0.25, 0.3) is 0 Å². The van der Waals surface area contributed by atoms with Crippen LogP contribution in [0.25, 0.3) is 0 Å². The van der Waals surface area contributed by atoms with Gasteiger partial charge < -0.3 is 19.9 Å². The lowest BCUT2D eigenvalue weighted by Gasteiger charge is -2.46. The Kier molecular flexibility index (Phi) is 11.8. The van der Waals surface area contributed by atoms with Crippen molar-refractivity contribution in [1.29, 1.82) is 0 Å². The molecule has 0 radical (unpaired) electrons. The van der Waals surface area contributed by atoms with Gasteiger partial charge in [0.1, 0.15) is 28.1 Å². The van der Waals surface area contributed by atoms with Crippen molar-refractivity contribution in [1.82, 2.24) is 20.0 Å². The number of alkyl halides is 6. The molecule has 4 fully saturated rings. The van der Waals surface area contributed by atoms with E-state index in [2.05, 4.69) is 5.32 Å². The van der Waals surface area contributed by atoms with E-state index in [4.69, 9.17) is 27.9 Å². The lowest BCUT2D eigenvalue weighted by atomic mass is 9.96. The lowest BCUT2D eigenvalue weighted by Crippen LogP contribution is -2.59. The largest absolute Gasteiger partial charge is 0.444 e. The molecule has 2 aliphatic carbocycles. The van der Waals surface area contributed by atoms with Crippen molar-refractivity contribution in [2.24, 2.45) is 10.8 Å². The summed E-state index contributed by atoms with van der Waals surface area (Å²) in [6.07, 6.45) is -10.6. The fraction of sp³-hybridized carbons (Fsp3) is 0.595. The molecule has 3 amide bonds. The minimum Gasteiger partial charge on any atom is -0.444 e. The summed E-state index contributed by atoms with van der Waals surface area (Å²) in [6, 6.07) is 5.78. The Hall–Kier alpha value is -3.37. The van der Waals surface area contributed by atoms with Crippen LogP contribution in [0.3, 0.4) is 0 Å². The summed E-state index contributed by atoms with van der Waals surface area (Å²) in [4.78, 5) is 42.1. The molecule has 2 aromatic rings. The van der Waals surface area contributed by atoms with Crippen LogP contribution in [0.4, 0.5) is 39.9 Å². The molecule has 2 saturated heterocycles. The molecule has 6 rings (SSSR count). The van der Waals surface area contributed by atoms with Crippen molar-refractivity contribution < 1.29 is 54.2 Å². The van der Waals surface area contributed by atoms with Crippen LogP contribution in [-0.4, -0.2) is 88.8 Å². The van der Waals surface area contributed by atoms with E-state index < -0.39 is 70.4 Å². The van der Waals surface area contributed by atoms with Gasteiger partial charge in [-0.3, -0.25) is 14.5 Å². The molecule has 4 atom stereocenters. The summed E-state index contributed by atoms with van der Waals surface area (Å²) >= 11 is 11.7. The molecule has 1 N–H and O–H groups in total. The SMILES string of the molecule is C[C@@H]1CN(C(=O)OC(C)(C)C)[C@@H](c2ccc(F)c(Cl)c2)CN1C(=O)C1(C(F)(F)F)CC1.C[C@@H]1CN[C@@H](c2ccc(F)c(Cl)c2)CN1C(=O)C1(C(F)(F)F)CC1. The Morgan fingerprint density at radius 3 is 1.60 bits per heavy atom. The smallest absolute Gasteiger partial charge is 0.410 e. The Balaban J connectivity index is 0.000000218. The molecule has 2 heterocycles. The van der Waals surface area contributed by atoms with Crippen LogP contribution in [0.15, 0.2) is 36.4 Å². The van der Waals surface area contributed by atoms with E-state index in [9.17, 15) is 49.5 Å². The number of rotatable bonds is 4. The highest BCUT2D eigenvalue weighted by molar-refractivity contribution is 6.31. The Morgan fingerprint density at radius 1 is 0.709 bits per heavy atom. The second-order valence-corrected chi connectivity index (χ2v) is 16.5. The summed E-state index contributed by atoms with van der Waals surface area (Å²) in [5, 5.41) is 2.93.